The third kappa shape index (κ3) is 2.61. The first kappa shape index (κ1) is 12.7. The minimum atomic E-state index is -0.746. The molecule has 0 fully saturated rings. The Morgan fingerprint density at radius 1 is 1.27 bits per heavy atom. The van der Waals surface area contributed by atoms with Crippen LogP contribution >= 0.6 is 15.9 Å². The molecule has 2 heteroatoms. The Labute approximate surface area is 101 Å². The van der Waals surface area contributed by atoms with Crippen LogP contribution in [0.25, 0.3) is 0 Å². The maximum Gasteiger partial charge on any atom is 0.0907 e. The van der Waals surface area contributed by atoms with Crippen molar-refractivity contribution in [2.75, 3.05) is 0 Å². The van der Waals surface area contributed by atoms with Crippen molar-refractivity contribution in [3.05, 3.63) is 34.3 Å². The lowest BCUT2D eigenvalue weighted by molar-refractivity contribution is -0.0101. The molecule has 0 aliphatic heterocycles. The third-order valence-corrected chi connectivity index (χ3v) is 3.89. The largest absolute Gasteiger partial charge is 0.385 e. The van der Waals surface area contributed by atoms with Gasteiger partial charge in [-0.05, 0) is 24.5 Å². The smallest absolute Gasteiger partial charge is 0.0907 e. The van der Waals surface area contributed by atoms with Crippen molar-refractivity contribution >= 4 is 15.9 Å². The van der Waals surface area contributed by atoms with Crippen LogP contribution in [0.5, 0.6) is 0 Å². The predicted octanol–water partition coefficient (Wildman–Crippen LogP) is 4.09. The minimum Gasteiger partial charge on any atom is -0.385 e. The van der Waals surface area contributed by atoms with Crippen LogP contribution in [-0.4, -0.2) is 5.11 Å². The first-order valence-electron chi connectivity index (χ1n) is 5.51. The number of aliphatic hydroxyl groups is 1. The van der Waals surface area contributed by atoms with E-state index in [2.05, 4.69) is 29.8 Å². The Balaban J connectivity index is 3.09. The van der Waals surface area contributed by atoms with Gasteiger partial charge >= 0.3 is 0 Å². The summed E-state index contributed by atoms with van der Waals surface area (Å²) in [7, 11) is 0. The van der Waals surface area contributed by atoms with Gasteiger partial charge in [0.1, 0.15) is 0 Å². The van der Waals surface area contributed by atoms with Crippen LogP contribution in [0.4, 0.5) is 0 Å². The maximum atomic E-state index is 10.6. The zero-order chi connectivity index (χ0) is 11.5. The Bertz CT molecular complexity index is 316. The molecule has 0 aliphatic rings. The van der Waals surface area contributed by atoms with Crippen LogP contribution in [0.1, 0.15) is 39.2 Å². The summed E-state index contributed by atoms with van der Waals surface area (Å²) in [6, 6.07) is 7.90. The van der Waals surface area contributed by atoms with Gasteiger partial charge in [0.15, 0.2) is 0 Å². The van der Waals surface area contributed by atoms with Crippen LogP contribution in [0.15, 0.2) is 28.7 Å². The number of halogens is 1. The normalized spacial score (nSPS) is 15.3. The lowest BCUT2D eigenvalue weighted by atomic mass is 9.80. The average Bonchev–Trinajstić information content (AvgIpc) is 2.19. The van der Waals surface area contributed by atoms with Crippen LogP contribution in [0.2, 0.25) is 0 Å². The Hall–Kier alpha value is -0.340. The summed E-state index contributed by atoms with van der Waals surface area (Å²) in [6.45, 7) is 6.16. The van der Waals surface area contributed by atoms with Crippen molar-refractivity contribution < 1.29 is 5.11 Å². The Morgan fingerprint density at radius 3 is 2.27 bits per heavy atom. The van der Waals surface area contributed by atoms with E-state index in [9.17, 15) is 5.11 Å². The summed E-state index contributed by atoms with van der Waals surface area (Å²) in [4.78, 5) is 0. The van der Waals surface area contributed by atoms with Crippen LogP contribution in [0.3, 0.4) is 0 Å². The topological polar surface area (TPSA) is 20.2 Å². The lowest BCUT2D eigenvalue weighted by Gasteiger charge is -2.33. The van der Waals surface area contributed by atoms with E-state index in [1.54, 1.807) is 0 Å². The molecule has 0 spiro atoms. The second kappa shape index (κ2) is 5.13. The molecule has 0 bridgehead atoms. The predicted molar refractivity (Wildman–Crippen MR) is 67.8 cm³/mol. The molecule has 1 N–H and O–H groups in total. The Kier molecular flexibility index (Phi) is 4.35. The molecular formula is C13H19BrO. The maximum absolute atomic E-state index is 10.6. The van der Waals surface area contributed by atoms with Crippen molar-refractivity contribution in [3.8, 4) is 0 Å². The molecule has 1 atom stereocenters. The van der Waals surface area contributed by atoms with E-state index in [0.717, 1.165) is 22.9 Å². The molecule has 0 aromatic heterocycles. The van der Waals surface area contributed by atoms with E-state index in [4.69, 9.17) is 0 Å². The summed E-state index contributed by atoms with van der Waals surface area (Å²) in [5, 5.41) is 10.6. The van der Waals surface area contributed by atoms with Crippen molar-refractivity contribution in [3.63, 3.8) is 0 Å². The van der Waals surface area contributed by atoms with Crippen LogP contribution in [0, 0.1) is 5.92 Å². The number of hydrogen-bond donors (Lipinski definition) is 1. The molecule has 0 heterocycles. The van der Waals surface area contributed by atoms with Gasteiger partial charge in [0, 0.05) is 4.47 Å². The van der Waals surface area contributed by atoms with E-state index in [0.29, 0.717) is 5.92 Å². The summed E-state index contributed by atoms with van der Waals surface area (Å²) in [6.07, 6.45) is 1.98. The first-order valence-corrected chi connectivity index (χ1v) is 6.30. The SMILES string of the molecule is CCC(CC)C(C)(O)c1ccccc1Br. The molecule has 0 aliphatic carbocycles. The fourth-order valence-electron chi connectivity index (χ4n) is 2.18. The van der Waals surface area contributed by atoms with Gasteiger partial charge in [-0.1, -0.05) is 60.8 Å². The van der Waals surface area contributed by atoms with E-state index >= 15 is 0 Å². The van der Waals surface area contributed by atoms with Crippen LogP contribution < -0.4 is 0 Å². The molecule has 1 aromatic rings. The van der Waals surface area contributed by atoms with Crippen molar-refractivity contribution in [1.29, 1.82) is 0 Å². The van der Waals surface area contributed by atoms with Gasteiger partial charge in [-0.15, -0.1) is 0 Å². The molecular weight excluding hydrogens is 252 g/mol. The standard InChI is InChI=1S/C13H19BrO/c1-4-10(5-2)13(3,15)11-8-6-7-9-12(11)14/h6-10,15H,4-5H2,1-3H3. The summed E-state index contributed by atoms with van der Waals surface area (Å²) in [5.74, 6) is 0.302. The zero-order valence-electron chi connectivity index (χ0n) is 9.63. The van der Waals surface area contributed by atoms with E-state index < -0.39 is 5.60 Å². The lowest BCUT2D eigenvalue weighted by Crippen LogP contribution is -2.31. The van der Waals surface area contributed by atoms with Gasteiger partial charge < -0.3 is 5.11 Å². The highest BCUT2D eigenvalue weighted by Crippen LogP contribution is 2.37. The summed E-state index contributed by atoms with van der Waals surface area (Å²) >= 11 is 3.50. The number of benzene rings is 1. The molecule has 0 saturated carbocycles. The third-order valence-electron chi connectivity index (χ3n) is 3.20. The molecule has 84 valence electrons. The molecule has 0 saturated heterocycles. The monoisotopic (exact) mass is 270 g/mol. The number of rotatable bonds is 4. The molecule has 1 aromatic carbocycles. The van der Waals surface area contributed by atoms with E-state index in [1.807, 2.05) is 31.2 Å². The second-order valence-corrected chi connectivity index (χ2v) is 5.00. The first-order chi connectivity index (χ1) is 7.04. The molecule has 0 amide bonds. The van der Waals surface area contributed by atoms with Gasteiger partial charge in [0.25, 0.3) is 0 Å². The fraction of sp³-hybridized carbons (Fsp3) is 0.538. The van der Waals surface area contributed by atoms with Gasteiger partial charge in [-0.25, -0.2) is 0 Å². The van der Waals surface area contributed by atoms with Gasteiger partial charge in [-0.2, -0.15) is 0 Å². The van der Waals surface area contributed by atoms with E-state index in [1.165, 1.54) is 0 Å². The van der Waals surface area contributed by atoms with E-state index in [-0.39, 0.29) is 0 Å². The fourth-order valence-corrected chi connectivity index (χ4v) is 2.86. The van der Waals surface area contributed by atoms with Crippen LogP contribution in [-0.2, 0) is 5.60 Å². The van der Waals surface area contributed by atoms with Gasteiger partial charge in [0.05, 0.1) is 5.60 Å². The Morgan fingerprint density at radius 2 is 1.80 bits per heavy atom. The zero-order valence-corrected chi connectivity index (χ0v) is 11.2. The highest BCUT2D eigenvalue weighted by atomic mass is 79.9. The van der Waals surface area contributed by atoms with Gasteiger partial charge in [0.2, 0.25) is 0 Å². The molecule has 0 radical (unpaired) electrons. The highest BCUT2D eigenvalue weighted by Gasteiger charge is 2.32. The summed E-state index contributed by atoms with van der Waals surface area (Å²) < 4.78 is 0.988. The molecule has 1 rings (SSSR count). The van der Waals surface area contributed by atoms with Gasteiger partial charge in [-0.3, -0.25) is 0 Å². The minimum absolute atomic E-state index is 0.302. The van der Waals surface area contributed by atoms with Crippen molar-refractivity contribution in [1.82, 2.24) is 0 Å². The summed E-state index contributed by atoms with van der Waals surface area (Å²) in [5.41, 5.74) is 0.238. The molecule has 1 nitrogen and oxygen atoms in total. The second-order valence-electron chi connectivity index (χ2n) is 4.14. The van der Waals surface area contributed by atoms with Crippen molar-refractivity contribution in [2.45, 2.75) is 39.2 Å². The number of hydrogen-bond acceptors (Lipinski definition) is 1. The molecule has 1 unspecified atom stereocenters. The highest BCUT2D eigenvalue weighted by molar-refractivity contribution is 9.10. The molecule has 15 heavy (non-hydrogen) atoms. The average molecular weight is 271 g/mol. The quantitative estimate of drug-likeness (QED) is 0.874. The van der Waals surface area contributed by atoms with Crippen molar-refractivity contribution in [2.24, 2.45) is 5.92 Å².